The normalized spacial score (nSPS) is 13.6. The summed E-state index contributed by atoms with van der Waals surface area (Å²) in [5, 5.41) is 0. The average Bonchev–Trinajstić information content (AvgIpc) is 2.48. The third-order valence-electron chi connectivity index (χ3n) is 2.92. The monoisotopic (exact) mass is 414 g/mol. The van der Waals surface area contributed by atoms with Crippen molar-refractivity contribution in [1.29, 1.82) is 0 Å². The van der Waals surface area contributed by atoms with Gasteiger partial charge < -0.3 is 15.2 Å². The topological polar surface area (TPSA) is 57.4 Å². The quantitative estimate of drug-likeness (QED) is 0.799. The van der Waals surface area contributed by atoms with Crippen LogP contribution in [0.2, 0.25) is 0 Å². The minimum Gasteiger partial charge on any atom is -0.496 e. The van der Waals surface area contributed by atoms with Crippen LogP contribution in [0.4, 0.5) is 0 Å². The van der Waals surface area contributed by atoms with E-state index < -0.39 is 0 Å². The third kappa shape index (κ3) is 3.96. The fourth-order valence-electron chi connectivity index (χ4n) is 1.88. The van der Waals surface area contributed by atoms with E-state index >= 15 is 0 Å². The van der Waals surface area contributed by atoms with Crippen molar-refractivity contribution in [1.82, 2.24) is 4.98 Å². The van der Waals surface area contributed by atoms with E-state index in [4.69, 9.17) is 15.2 Å². The lowest BCUT2D eigenvalue weighted by molar-refractivity contribution is 0.174. The van der Waals surface area contributed by atoms with E-state index in [1.165, 1.54) is 0 Å². The summed E-state index contributed by atoms with van der Waals surface area (Å²) in [4.78, 5) is 4.33. The molecule has 2 unspecified atom stereocenters. The molecule has 0 amide bonds. The van der Waals surface area contributed by atoms with E-state index in [1.807, 2.05) is 37.3 Å². The van der Waals surface area contributed by atoms with Gasteiger partial charge in [-0.05, 0) is 63.0 Å². The molecule has 0 radical (unpaired) electrons. The maximum atomic E-state index is 6.05. The van der Waals surface area contributed by atoms with Gasteiger partial charge >= 0.3 is 0 Å². The van der Waals surface area contributed by atoms with Crippen molar-refractivity contribution in [2.45, 2.75) is 19.1 Å². The number of nitrogens with two attached hydrogens (primary N) is 1. The lowest BCUT2D eigenvalue weighted by atomic mass is 10.1. The molecule has 0 aliphatic rings. The molecule has 2 atom stereocenters. The van der Waals surface area contributed by atoms with Crippen LogP contribution in [0.5, 0.6) is 11.5 Å². The van der Waals surface area contributed by atoms with Crippen molar-refractivity contribution in [3.8, 4) is 11.5 Å². The Labute approximate surface area is 140 Å². The second-order valence-corrected chi connectivity index (χ2v) is 6.28. The highest BCUT2D eigenvalue weighted by Crippen LogP contribution is 2.38. The van der Waals surface area contributed by atoms with Crippen molar-refractivity contribution in [3.05, 3.63) is 51.2 Å². The standard InChI is InChI=1S/C15H16Br2N2O2/c1-9(18)15(12-5-3-4-6-19-12)21-14-8-10(16)13(20-2)7-11(14)17/h3-9,15H,18H2,1-2H3. The predicted octanol–water partition coefficient (Wildman–Crippen LogP) is 4.08. The molecule has 0 aliphatic heterocycles. The summed E-state index contributed by atoms with van der Waals surface area (Å²) < 4.78 is 12.9. The molecular formula is C15H16Br2N2O2. The summed E-state index contributed by atoms with van der Waals surface area (Å²) in [6.45, 7) is 1.89. The molecule has 1 heterocycles. The zero-order valence-corrected chi connectivity index (χ0v) is 14.9. The lowest BCUT2D eigenvalue weighted by Crippen LogP contribution is -2.29. The van der Waals surface area contributed by atoms with Crippen molar-refractivity contribution in [2.75, 3.05) is 7.11 Å². The van der Waals surface area contributed by atoms with Gasteiger partial charge in [0.25, 0.3) is 0 Å². The Bertz CT molecular complexity index is 606. The van der Waals surface area contributed by atoms with Gasteiger partial charge in [-0.2, -0.15) is 0 Å². The van der Waals surface area contributed by atoms with Crippen LogP contribution in [0, 0.1) is 0 Å². The molecule has 4 nitrogen and oxygen atoms in total. The van der Waals surface area contributed by atoms with Crippen LogP contribution >= 0.6 is 31.9 Å². The number of benzene rings is 1. The predicted molar refractivity (Wildman–Crippen MR) is 89.6 cm³/mol. The molecule has 2 aromatic rings. The molecule has 112 valence electrons. The van der Waals surface area contributed by atoms with Crippen LogP contribution in [0.3, 0.4) is 0 Å². The maximum absolute atomic E-state index is 6.05. The minimum absolute atomic E-state index is 0.201. The second-order valence-electron chi connectivity index (χ2n) is 4.57. The molecule has 1 aromatic heterocycles. The summed E-state index contributed by atoms with van der Waals surface area (Å²) >= 11 is 6.94. The van der Waals surface area contributed by atoms with E-state index in [9.17, 15) is 0 Å². The highest BCUT2D eigenvalue weighted by molar-refractivity contribution is 9.11. The molecular weight excluding hydrogens is 400 g/mol. The number of ether oxygens (including phenoxy) is 2. The SMILES string of the molecule is COc1cc(Br)c(OC(c2ccccn2)C(C)N)cc1Br. The maximum Gasteiger partial charge on any atom is 0.155 e. The molecule has 0 bridgehead atoms. The summed E-state index contributed by atoms with van der Waals surface area (Å²) in [7, 11) is 1.62. The van der Waals surface area contributed by atoms with E-state index in [0.29, 0.717) is 5.75 Å². The minimum atomic E-state index is -0.331. The van der Waals surface area contributed by atoms with Gasteiger partial charge in [0.1, 0.15) is 11.5 Å². The molecule has 0 aliphatic carbocycles. The van der Waals surface area contributed by atoms with Gasteiger partial charge in [-0.15, -0.1) is 0 Å². The molecule has 0 saturated heterocycles. The number of aromatic nitrogens is 1. The fraction of sp³-hybridized carbons (Fsp3) is 0.267. The van der Waals surface area contributed by atoms with Gasteiger partial charge in [-0.1, -0.05) is 6.07 Å². The van der Waals surface area contributed by atoms with Gasteiger partial charge in [0.15, 0.2) is 6.10 Å². The van der Waals surface area contributed by atoms with Crippen LogP contribution in [-0.4, -0.2) is 18.1 Å². The van der Waals surface area contributed by atoms with Crippen LogP contribution in [0.1, 0.15) is 18.7 Å². The van der Waals surface area contributed by atoms with Crippen molar-refractivity contribution < 1.29 is 9.47 Å². The first kappa shape index (κ1) is 16.3. The summed E-state index contributed by atoms with van der Waals surface area (Å²) in [5.74, 6) is 1.40. The van der Waals surface area contributed by atoms with Gasteiger partial charge in [-0.3, -0.25) is 4.98 Å². The molecule has 2 N–H and O–H groups in total. The average molecular weight is 416 g/mol. The van der Waals surface area contributed by atoms with Gasteiger partial charge in [-0.25, -0.2) is 0 Å². The van der Waals surface area contributed by atoms with Gasteiger partial charge in [0, 0.05) is 12.2 Å². The number of halogens is 2. The number of methoxy groups -OCH3 is 1. The largest absolute Gasteiger partial charge is 0.496 e. The number of hydrogen-bond acceptors (Lipinski definition) is 4. The Morgan fingerprint density at radius 1 is 1.14 bits per heavy atom. The lowest BCUT2D eigenvalue weighted by Gasteiger charge is -2.23. The molecule has 0 fully saturated rings. The molecule has 6 heteroatoms. The van der Waals surface area contributed by atoms with E-state index in [1.54, 1.807) is 13.3 Å². The van der Waals surface area contributed by atoms with Crippen molar-refractivity contribution in [2.24, 2.45) is 5.73 Å². The Morgan fingerprint density at radius 2 is 1.81 bits per heavy atom. The van der Waals surface area contributed by atoms with Crippen molar-refractivity contribution >= 4 is 31.9 Å². The Kier molecular flexibility index (Phi) is 5.61. The number of hydrogen-bond donors (Lipinski definition) is 1. The zero-order valence-electron chi connectivity index (χ0n) is 11.7. The molecule has 0 saturated carbocycles. The summed E-state index contributed by atoms with van der Waals surface area (Å²) in [5.41, 5.74) is 6.84. The van der Waals surface area contributed by atoms with Crippen LogP contribution in [-0.2, 0) is 0 Å². The first-order valence-electron chi connectivity index (χ1n) is 6.39. The smallest absolute Gasteiger partial charge is 0.155 e. The number of rotatable bonds is 5. The summed E-state index contributed by atoms with van der Waals surface area (Å²) in [6, 6.07) is 9.17. The van der Waals surface area contributed by atoms with E-state index in [-0.39, 0.29) is 12.1 Å². The number of pyridine rings is 1. The Hall–Kier alpha value is -1.11. The Morgan fingerprint density at radius 3 is 2.38 bits per heavy atom. The molecule has 2 rings (SSSR count). The highest BCUT2D eigenvalue weighted by atomic mass is 79.9. The van der Waals surface area contributed by atoms with Crippen LogP contribution < -0.4 is 15.2 Å². The van der Waals surface area contributed by atoms with Crippen LogP contribution in [0.25, 0.3) is 0 Å². The third-order valence-corrected chi connectivity index (χ3v) is 4.16. The van der Waals surface area contributed by atoms with Crippen molar-refractivity contribution in [3.63, 3.8) is 0 Å². The molecule has 0 spiro atoms. The van der Waals surface area contributed by atoms with Crippen LogP contribution in [0.15, 0.2) is 45.5 Å². The molecule has 21 heavy (non-hydrogen) atoms. The van der Waals surface area contributed by atoms with Gasteiger partial charge in [0.2, 0.25) is 0 Å². The second kappa shape index (κ2) is 7.24. The number of nitrogens with zero attached hydrogens (tertiary/aromatic N) is 1. The summed E-state index contributed by atoms with van der Waals surface area (Å²) in [6.07, 6.45) is 1.40. The first-order valence-corrected chi connectivity index (χ1v) is 7.97. The highest BCUT2D eigenvalue weighted by Gasteiger charge is 2.21. The van der Waals surface area contributed by atoms with E-state index in [0.717, 1.165) is 20.4 Å². The fourth-order valence-corrected chi connectivity index (χ4v) is 2.78. The molecule has 1 aromatic carbocycles. The first-order chi connectivity index (χ1) is 10.0. The van der Waals surface area contributed by atoms with E-state index in [2.05, 4.69) is 36.8 Å². The Balaban J connectivity index is 2.32. The van der Waals surface area contributed by atoms with Gasteiger partial charge in [0.05, 0.1) is 21.7 Å². The zero-order chi connectivity index (χ0) is 15.4.